The van der Waals surface area contributed by atoms with Crippen molar-refractivity contribution in [2.24, 2.45) is 5.10 Å². The predicted octanol–water partition coefficient (Wildman–Crippen LogP) is 0.847. The molecule has 0 aromatic heterocycles. The molecule has 2 rings (SSSR count). The summed E-state index contributed by atoms with van der Waals surface area (Å²) in [5.74, 6) is -1.94. The molecule has 0 atom stereocenters. The molecule has 0 aliphatic carbocycles. The highest BCUT2D eigenvalue weighted by Crippen LogP contribution is 2.09. The lowest BCUT2D eigenvalue weighted by Crippen LogP contribution is -2.36. The first kappa shape index (κ1) is 13.1. The fraction of sp³-hybridized carbons (Fsp3) is 0.250. The third kappa shape index (κ3) is 3.34. The molecule has 7 heteroatoms. The number of carbonyl (C=O) groups is 2. The second-order valence-electron chi connectivity index (χ2n) is 4.01. The van der Waals surface area contributed by atoms with Gasteiger partial charge in [0, 0.05) is 24.9 Å². The molecule has 2 N–H and O–H groups in total. The zero-order chi connectivity index (χ0) is 13.8. The molecule has 0 saturated heterocycles. The summed E-state index contributed by atoms with van der Waals surface area (Å²) in [4.78, 5) is 22.5. The summed E-state index contributed by atoms with van der Waals surface area (Å²) in [6, 6.07) is 3.01. The second-order valence-corrected chi connectivity index (χ2v) is 4.01. The Balaban J connectivity index is 1.97. The first-order valence-electron chi connectivity index (χ1n) is 5.64. The van der Waals surface area contributed by atoms with Crippen LogP contribution in [0.4, 0.5) is 8.78 Å². The number of carbonyl (C=O) groups excluding carboxylic acids is 2. The Hall–Kier alpha value is -2.31. The molecule has 0 spiro atoms. The number of amides is 2. The van der Waals surface area contributed by atoms with Crippen molar-refractivity contribution in [1.82, 2.24) is 10.7 Å². The first-order chi connectivity index (χ1) is 9.06. The summed E-state index contributed by atoms with van der Waals surface area (Å²) < 4.78 is 26.2. The van der Waals surface area contributed by atoms with Crippen LogP contribution in [-0.2, 0) is 16.1 Å². The van der Waals surface area contributed by atoms with E-state index in [1.165, 1.54) is 0 Å². The molecule has 2 amide bonds. The Morgan fingerprint density at radius 1 is 1.37 bits per heavy atom. The van der Waals surface area contributed by atoms with E-state index in [4.69, 9.17) is 0 Å². The van der Waals surface area contributed by atoms with Gasteiger partial charge in [0.05, 0.1) is 0 Å². The van der Waals surface area contributed by atoms with Crippen LogP contribution in [0, 0.1) is 11.6 Å². The van der Waals surface area contributed by atoms with Gasteiger partial charge in [-0.3, -0.25) is 9.59 Å². The zero-order valence-corrected chi connectivity index (χ0v) is 9.87. The molecule has 1 aliphatic rings. The van der Waals surface area contributed by atoms with Gasteiger partial charge in [-0.05, 0) is 18.2 Å². The maximum absolute atomic E-state index is 13.3. The van der Waals surface area contributed by atoms with Crippen LogP contribution in [0.25, 0.3) is 0 Å². The van der Waals surface area contributed by atoms with Gasteiger partial charge in [0.1, 0.15) is 17.3 Å². The Morgan fingerprint density at radius 3 is 2.84 bits per heavy atom. The van der Waals surface area contributed by atoms with Gasteiger partial charge >= 0.3 is 0 Å². The molecule has 1 aliphatic heterocycles. The molecule has 0 unspecified atom stereocenters. The molecule has 1 aromatic rings. The first-order valence-corrected chi connectivity index (χ1v) is 5.64. The van der Waals surface area contributed by atoms with E-state index in [0.717, 1.165) is 18.2 Å². The molecule has 0 radical (unpaired) electrons. The maximum atomic E-state index is 13.3. The van der Waals surface area contributed by atoms with E-state index in [0.29, 0.717) is 0 Å². The van der Waals surface area contributed by atoms with Crippen LogP contribution in [0.3, 0.4) is 0 Å². The van der Waals surface area contributed by atoms with Gasteiger partial charge in [-0.15, -0.1) is 0 Å². The summed E-state index contributed by atoms with van der Waals surface area (Å²) in [6.45, 7) is -0.143. The van der Waals surface area contributed by atoms with E-state index in [2.05, 4.69) is 15.8 Å². The normalized spacial score (nSPS) is 14.6. The van der Waals surface area contributed by atoms with Gasteiger partial charge in [-0.2, -0.15) is 5.10 Å². The van der Waals surface area contributed by atoms with E-state index in [1.807, 2.05) is 0 Å². The molecule has 19 heavy (non-hydrogen) atoms. The molecule has 0 fully saturated rings. The molecular weight excluding hydrogens is 256 g/mol. The quantitative estimate of drug-likeness (QED) is 0.852. The van der Waals surface area contributed by atoms with Crippen molar-refractivity contribution in [2.75, 3.05) is 0 Å². The smallest absolute Gasteiger partial charge is 0.267 e. The minimum absolute atomic E-state index is 0.0498. The summed E-state index contributed by atoms with van der Waals surface area (Å²) in [5, 5.41) is 6.02. The lowest BCUT2D eigenvalue weighted by atomic mass is 10.1. The third-order valence-corrected chi connectivity index (χ3v) is 2.61. The number of nitrogens with one attached hydrogen (secondary N) is 2. The van der Waals surface area contributed by atoms with E-state index < -0.39 is 17.5 Å². The van der Waals surface area contributed by atoms with E-state index in [9.17, 15) is 18.4 Å². The molecule has 0 bridgehead atoms. The summed E-state index contributed by atoms with van der Waals surface area (Å²) >= 11 is 0. The number of hydrazone groups is 1. The van der Waals surface area contributed by atoms with Gasteiger partial charge in [0.25, 0.3) is 5.91 Å². The van der Waals surface area contributed by atoms with Crippen LogP contribution in [-0.4, -0.2) is 17.5 Å². The van der Waals surface area contributed by atoms with Gasteiger partial charge in [-0.25, -0.2) is 14.2 Å². The maximum Gasteiger partial charge on any atom is 0.267 e. The van der Waals surface area contributed by atoms with Crippen LogP contribution in [0.5, 0.6) is 0 Å². The molecular formula is C12H11F2N3O2. The van der Waals surface area contributed by atoms with Crippen LogP contribution < -0.4 is 10.7 Å². The minimum atomic E-state index is -0.597. The van der Waals surface area contributed by atoms with E-state index in [-0.39, 0.29) is 36.6 Å². The second kappa shape index (κ2) is 5.55. The molecule has 5 nitrogen and oxygen atoms in total. The van der Waals surface area contributed by atoms with E-state index in [1.54, 1.807) is 0 Å². The molecule has 100 valence electrons. The van der Waals surface area contributed by atoms with Crippen molar-refractivity contribution in [2.45, 2.75) is 19.4 Å². The third-order valence-electron chi connectivity index (χ3n) is 2.61. The lowest BCUT2D eigenvalue weighted by Gasteiger charge is -2.12. The van der Waals surface area contributed by atoms with Crippen LogP contribution >= 0.6 is 0 Å². The predicted molar refractivity (Wildman–Crippen MR) is 63.0 cm³/mol. The van der Waals surface area contributed by atoms with Crippen molar-refractivity contribution in [3.05, 3.63) is 35.4 Å². The van der Waals surface area contributed by atoms with Crippen LogP contribution in [0.15, 0.2) is 23.3 Å². The number of hydrogen-bond donors (Lipinski definition) is 2. The molecule has 0 saturated carbocycles. The lowest BCUT2D eigenvalue weighted by molar-refractivity contribution is -0.121. The fourth-order valence-corrected chi connectivity index (χ4v) is 1.59. The fourth-order valence-electron chi connectivity index (χ4n) is 1.59. The molecule has 1 aromatic carbocycles. The van der Waals surface area contributed by atoms with Crippen LogP contribution in [0.2, 0.25) is 0 Å². The summed E-state index contributed by atoms with van der Waals surface area (Å²) in [6.07, 6.45) is 0.407. The average Bonchev–Trinajstić information content (AvgIpc) is 2.40. The summed E-state index contributed by atoms with van der Waals surface area (Å²) in [7, 11) is 0. The Bertz CT molecular complexity index is 558. The van der Waals surface area contributed by atoms with Gasteiger partial charge in [0.2, 0.25) is 5.91 Å². The van der Waals surface area contributed by atoms with Crippen molar-refractivity contribution in [3.8, 4) is 0 Å². The average molecular weight is 267 g/mol. The number of halogens is 2. The van der Waals surface area contributed by atoms with Gasteiger partial charge < -0.3 is 5.32 Å². The number of nitrogens with zero attached hydrogens (tertiary/aromatic N) is 1. The highest BCUT2D eigenvalue weighted by Gasteiger charge is 2.18. The largest absolute Gasteiger partial charge is 0.347 e. The zero-order valence-electron chi connectivity index (χ0n) is 9.87. The Labute approximate surface area is 107 Å². The minimum Gasteiger partial charge on any atom is -0.347 e. The van der Waals surface area contributed by atoms with Crippen molar-refractivity contribution in [3.63, 3.8) is 0 Å². The monoisotopic (exact) mass is 267 g/mol. The standard InChI is InChI=1S/C12H11F2N3O2/c13-8-1-2-9(14)7(5-8)6-15-12(19)10-3-4-11(18)17-16-10/h1-2,5H,3-4,6H2,(H,15,19)(H,17,18). The molecule has 1 heterocycles. The van der Waals surface area contributed by atoms with Gasteiger partial charge in [0.15, 0.2) is 0 Å². The van der Waals surface area contributed by atoms with Crippen molar-refractivity contribution in [1.29, 1.82) is 0 Å². The van der Waals surface area contributed by atoms with Crippen molar-refractivity contribution >= 4 is 17.5 Å². The Kier molecular flexibility index (Phi) is 3.84. The topological polar surface area (TPSA) is 70.6 Å². The SMILES string of the molecule is O=C1CCC(C(=O)NCc2cc(F)ccc2F)=NN1. The Morgan fingerprint density at radius 2 is 2.16 bits per heavy atom. The van der Waals surface area contributed by atoms with Crippen molar-refractivity contribution < 1.29 is 18.4 Å². The van der Waals surface area contributed by atoms with E-state index >= 15 is 0 Å². The number of hydrogen-bond acceptors (Lipinski definition) is 3. The number of rotatable bonds is 3. The summed E-state index contributed by atoms with van der Waals surface area (Å²) in [5.41, 5.74) is 2.40. The highest BCUT2D eigenvalue weighted by molar-refractivity contribution is 6.39. The van der Waals surface area contributed by atoms with Gasteiger partial charge in [-0.1, -0.05) is 0 Å². The number of benzene rings is 1. The highest BCUT2D eigenvalue weighted by atomic mass is 19.1. The van der Waals surface area contributed by atoms with Crippen LogP contribution in [0.1, 0.15) is 18.4 Å².